The summed E-state index contributed by atoms with van der Waals surface area (Å²) in [4.78, 5) is 0. The fourth-order valence-electron chi connectivity index (χ4n) is 1.72. The van der Waals surface area contributed by atoms with Crippen LogP contribution in [-0.4, -0.2) is 27.9 Å². The maximum atomic E-state index is 4.56. The van der Waals surface area contributed by atoms with Crippen molar-refractivity contribution in [3.63, 3.8) is 0 Å². The van der Waals surface area contributed by atoms with Crippen LogP contribution in [0.5, 0.6) is 0 Å². The van der Waals surface area contributed by atoms with Crippen LogP contribution in [0.25, 0.3) is 0 Å². The van der Waals surface area contributed by atoms with Gasteiger partial charge in [0.2, 0.25) is 0 Å². The van der Waals surface area contributed by atoms with Gasteiger partial charge >= 0.3 is 87.3 Å². The number of allylic oxidation sites excluding steroid dienone is 1. The predicted molar refractivity (Wildman–Crippen MR) is 58.9 cm³/mol. The molecule has 1 aromatic rings. The zero-order valence-electron chi connectivity index (χ0n) is 7.99. The summed E-state index contributed by atoms with van der Waals surface area (Å²) in [5.74, 6) is 0. The third-order valence-electron chi connectivity index (χ3n) is 2.21. The maximum absolute atomic E-state index is 4.56. The first-order chi connectivity index (χ1) is 6.25. The summed E-state index contributed by atoms with van der Waals surface area (Å²) in [7, 11) is 0. The van der Waals surface area contributed by atoms with Gasteiger partial charge in [0.15, 0.2) is 0 Å². The van der Waals surface area contributed by atoms with Crippen molar-refractivity contribution >= 4 is 31.3 Å². The van der Waals surface area contributed by atoms with Crippen LogP contribution in [0.15, 0.2) is 31.1 Å². The molecule has 0 aromatic heterocycles. The van der Waals surface area contributed by atoms with Crippen LogP contribution in [0.2, 0.25) is 0 Å². The molecule has 0 atom stereocenters. The van der Waals surface area contributed by atoms with Gasteiger partial charge < -0.3 is 0 Å². The molecule has 1 aliphatic heterocycles. The molecular formula is C11H12InN. The van der Waals surface area contributed by atoms with Crippen molar-refractivity contribution in [1.29, 1.82) is 0 Å². The Balaban J connectivity index is 2.40. The Labute approximate surface area is 87.1 Å². The Morgan fingerprint density at radius 1 is 1.08 bits per heavy atom. The fourth-order valence-corrected chi connectivity index (χ4v) is 7.31. The van der Waals surface area contributed by atoms with Gasteiger partial charge in [-0.1, -0.05) is 0 Å². The van der Waals surface area contributed by atoms with Gasteiger partial charge in [0, 0.05) is 0 Å². The molecule has 1 heterocycles. The second-order valence-electron chi connectivity index (χ2n) is 3.55. The Kier molecular flexibility index (Phi) is 2.58. The molecule has 0 saturated carbocycles. The van der Waals surface area contributed by atoms with Crippen LogP contribution in [0.1, 0.15) is 11.1 Å². The molecule has 13 heavy (non-hydrogen) atoms. The fraction of sp³-hybridized carbons (Fsp3) is 0.182. The summed E-state index contributed by atoms with van der Waals surface area (Å²) in [6, 6.07) is 6.80. The molecule has 0 radical (unpaired) electrons. The van der Waals surface area contributed by atoms with Gasteiger partial charge in [-0.3, -0.25) is 0 Å². The average molecular weight is 273 g/mol. The number of nitrogens with zero attached hydrogens (tertiary/aromatic N) is 1. The molecule has 0 saturated heterocycles. The second-order valence-corrected chi connectivity index (χ2v) is 9.94. The number of benzene rings is 1. The van der Waals surface area contributed by atoms with Gasteiger partial charge in [-0.2, -0.15) is 0 Å². The Morgan fingerprint density at radius 2 is 1.77 bits per heavy atom. The van der Waals surface area contributed by atoms with Crippen molar-refractivity contribution in [3.8, 4) is 0 Å². The van der Waals surface area contributed by atoms with E-state index in [0.717, 1.165) is 0 Å². The predicted octanol–water partition coefficient (Wildman–Crippen LogP) is 1.68. The number of hydrogen-bond donors (Lipinski definition) is 0. The van der Waals surface area contributed by atoms with Crippen LogP contribution in [0, 0.1) is 13.8 Å². The van der Waals surface area contributed by atoms with Crippen LogP contribution < -0.4 is 3.32 Å². The number of rotatable bonds is 1. The summed E-state index contributed by atoms with van der Waals surface area (Å²) >= 11 is -1.80. The molecule has 0 unspecified atom stereocenters. The summed E-state index contributed by atoms with van der Waals surface area (Å²) in [6.45, 7) is 4.31. The average Bonchev–Trinajstić information content (AvgIpc) is 2.53. The van der Waals surface area contributed by atoms with Crippen molar-refractivity contribution in [2.45, 2.75) is 13.8 Å². The minimum atomic E-state index is -1.80. The first-order valence-corrected chi connectivity index (χ1v) is 9.56. The van der Waals surface area contributed by atoms with Gasteiger partial charge in [-0.05, 0) is 0 Å². The van der Waals surface area contributed by atoms with E-state index in [1.54, 1.807) is 0 Å². The number of hydrogen-bond acceptors (Lipinski definition) is 1. The van der Waals surface area contributed by atoms with Crippen molar-refractivity contribution in [3.05, 3.63) is 39.2 Å². The van der Waals surface area contributed by atoms with Crippen molar-refractivity contribution < 1.29 is 0 Å². The molecule has 1 aliphatic rings. The molecule has 0 bridgehead atoms. The van der Waals surface area contributed by atoms with Crippen LogP contribution in [0.3, 0.4) is 0 Å². The van der Waals surface area contributed by atoms with Crippen LogP contribution >= 0.6 is 0 Å². The standard InChI is InChI=1S/C8H9.C3H3N.In/c1-7-4-3-5-8(2)6-7;1-2-3-4;/h4-6H,1-2H3;1-3H;/q;-1;+1. The molecule has 0 aliphatic carbocycles. The van der Waals surface area contributed by atoms with E-state index in [-0.39, 0.29) is 0 Å². The van der Waals surface area contributed by atoms with Crippen molar-refractivity contribution in [2.75, 3.05) is 0 Å². The summed E-state index contributed by atoms with van der Waals surface area (Å²) in [5.41, 5.74) is 2.73. The molecule has 0 amide bonds. The van der Waals surface area contributed by atoms with E-state index in [1.807, 2.05) is 6.21 Å². The topological polar surface area (TPSA) is 12.4 Å². The molecule has 1 nitrogen and oxygen atoms in total. The van der Waals surface area contributed by atoms with Crippen molar-refractivity contribution in [2.24, 2.45) is 2.98 Å². The van der Waals surface area contributed by atoms with Crippen molar-refractivity contribution in [1.82, 2.24) is 0 Å². The first-order valence-electron chi connectivity index (χ1n) is 4.54. The molecule has 0 fully saturated rings. The zero-order valence-corrected chi connectivity index (χ0v) is 11.3. The summed E-state index contributed by atoms with van der Waals surface area (Å²) < 4.78 is 8.40. The first kappa shape index (κ1) is 9.07. The van der Waals surface area contributed by atoms with E-state index >= 15 is 0 Å². The zero-order chi connectivity index (χ0) is 9.26. The molecule has 0 spiro atoms. The summed E-state index contributed by atoms with van der Waals surface area (Å²) in [6.07, 6.45) is 4.05. The molecule has 0 N–H and O–H groups in total. The monoisotopic (exact) mass is 273 g/mol. The number of aryl methyl sites for hydroxylation is 2. The SMILES string of the molecule is Cc1cc(C)c[c]([In]2[CH]=CC=[N]2)c1. The molecule has 2 rings (SSSR count). The molecule has 2 heteroatoms. The van der Waals surface area contributed by atoms with Gasteiger partial charge in [0.1, 0.15) is 0 Å². The molecular weight excluding hydrogens is 261 g/mol. The second kappa shape index (κ2) is 3.70. The Morgan fingerprint density at radius 3 is 2.31 bits per heavy atom. The van der Waals surface area contributed by atoms with Crippen LogP contribution in [0.4, 0.5) is 0 Å². The molecule has 64 valence electrons. The third-order valence-corrected chi connectivity index (χ3v) is 8.20. The van der Waals surface area contributed by atoms with Gasteiger partial charge in [-0.15, -0.1) is 0 Å². The van der Waals surface area contributed by atoms with E-state index in [9.17, 15) is 0 Å². The Hall–Kier alpha value is -0.500. The van der Waals surface area contributed by atoms with Gasteiger partial charge in [0.05, 0.1) is 0 Å². The minimum absolute atomic E-state index is 1.36. The van der Waals surface area contributed by atoms with Gasteiger partial charge in [0.25, 0.3) is 0 Å². The normalized spacial score (nSPS) is 14.2. The molecule has 1 aromatic carbocycles. The van der Waals surface area contributed by atoms with Gasteiger partial charge in [-0.25, -0.2) is 0 Å². The van der Waals surface area contributed by atoms with E-state index in [4.69, 9.17) is 0 Å². The quantitative estimate of drug-likeness (QED) is 0.738. The van der Waals surface area contributed by atoms with E-state index in [2.05, 4.69) is 44.9 Å². The third kappa shape index (κ3) is 2.05. The Bertz CT molecular complexity index is 347. The van der Waals surface area contributed by atoms with E-state index < -0.39 is 21.7 Å². The summed E-state index contributed by atoms with van der Waals surface area (Å²) in [5, 5.41) is 0. The van der Waals surface area contributed by atoms with Crippen LogP contribution in [-0.2, 0) is 0 Å². The van der Waals surface area contributed by atoms with E-state index in [0.29, 0.717) is 0 Å². The van der Waals surface area contributed by atoms with E-state index in [1.165, 1.54) is 14.4 Å².